The number of rotatable bonds is 3. The molecule has 0 aliphatic rings. The van der Waals surface area contributed by atoms with Gasteiger partial charge in [0.05, 0.1) is 0 Å². The monoisotopic (exact) mass is 253 g/mol. The smallest absolute Gasteiger partial charge is 0.0387 e. The van der Waals surface area contributed by atoms with Crippen molar-refractivity contribution in [2.24, 2.45) is 0 Å². The number of aryl methyl sites for hydroxylation is 2. The van der Waals surface area contributed by atoms with Crippen molar-refractivity contribution in [3.8, 4) is 0 Å². The van der Waals surface area contributed by atoms with Crippen LogP contribution in [0.1, 0.15) is 30.5 Å². The predicted octanol–water partition coefficient (Wildman–Crippen LogP) is 5.41. The fourth-order valence-corrected chi connectivity index (χ4v) is 1.82. The molecule has 1 heteroatoms. The van der Waals surface area contributed by atoms with Crippen LogP contribution in [-0.2, 0) is 0 Å². The SMILES string of the molecule is C=C(Nc1ccccc1)c1cc(C)ccc1C.CC. The van der Waals surface area contributed by atoms with Crippen LogP contribution in [0.3, 0.4) is 0 Å². The Bertz CT molecular complexity index is 527. The van der Waals surface area contributed by atoms with Gasteiger partial charge >= 0.3 is 0 Å². The zero-order valence-corrected chi connectivity index (χ0v) is 12.3. The second-order valence-electron chi connectivity index (χ2n) is 4.29. The van der Waals surface area contributed by atoms with Gasteiger partial charge in [-0.25, -0.2) is 0 Å². The van der Waals surface area contributed by atoms with Gasteiger partial charge in [0.25, 0.3) is 0 Å². The van der Waals surface area contributed by atoms with Gasteiger partial charge in [0.15, 0.2) is 0 Å². The van der Waals surface area contributed by atoms with Gasteiger partial charge in [-0.15, -0.1) is 0 Å². The van der Waals surface area contributed by atoms with Crippen molar-refractivity contribution >= 4 is 11.4 Å². The molecule has 0 amide bonds. The molecule has 0 unspecified atom stereocenters. The lowest BCUT2D eigenvalue weighted by Gasteiger charge is -2.12. The van der Waals surface area contributed by atoms with Gasteiger partial charge in [-0.1, -0.05) is 56.3 Å². The van der Waals surface area contributed by atoms with Crippen LogP contribution in [0, 0.1) is 13.8 Å². The lowest BCUT2D eigenvalue weighted by molar-refractivity contribution is 1.35. The molecule has 0 atom stereocenters. The largest absolute Gasteiger partial charge is 0.356 e. The molecule has 0 aromatic heterocycles. The summed E-state index contributed by atoms with van der Waals surface area (Å²) in [6.07, 6.45) is 0. The number of nitrogens with one attached hydrogen (secondary N) is 1. The molecule has 0 saturated carbocycles. The summed E-state index contributed by atoms with van der Waals surface area (Å²) >= 11 is 0. The topological polar surface area (TPSA) is 12.0 Å². The Balaban J connectivity index is 0.000000861. The highest BCUT2D eigenvalue weighted by molar-refractivity contribution is 5.76. The third-order valence-corrected chi connectivity index (χ3v) is 2.79. The maximum absolute atomic E-state index is 4.11. The molecule has 0 aliphatic carbocycles. The molecule has 1 nitrogen and oxygen atoms in total. The Morgan fingerprint density at radius 1 is 0.947 bits per heavy atom. The first-order chi connectivity index (χ1) is 9.16. The number of anilines is 1. The molecule has 2 aromatic carbocycles. The lowest BCUT2D eigenvalue weighted by Crippen LogP contribution is -1.99. The van der Waals surface area contributed by atoms with E-state index in [1.165, 1.54) is 16.7 Å². The highest BCUT2D eigenvalue weighted by atomic mass is 14.9. The zero-order valence-electron chi connectivity index (χ0n) is 12.3. The van der Waals surface area contributed by atoms with Crippen molar-refractivity contribution in [3.05, 3.63) is 71.8 Å². The normalized spacial score (nSPS) is 9.26. The molecule has 0 aliphatic heterocycles. The van der Waals surface area contributed by atoms with Crippen LogP contribution < -0.4 is 5.32 Å². The molecule has 0 saturated heterocycles. The summed E-state index contributed by atoms with van der Waals surface area (Å²) in [6, 6.07) is 16.5. The minimum atomic E-state index is 0.942. The fourth-order valence-electron chi connectivity index (χ4n) is 1.82. The van der Waals surface area contributed by atoms with E-state index in [0.717, 1.165) is 11.4 Å². The predicted molar refractivity (Wildman–Crippen MR) is 86.4 cm³/mol. The Hall–Kier alpha value is -2.02. The van der Waals surface area contributed by atoms with Gasteiger partial charge in [-0.2, -0.15) is 0 Å². The molecule has 0 spiro atoms. The minimum absolute atomic E-state index is 0.942. The quantitative estimate of drug-likeness (QED) is 0.771. The van der Waals surface area contributed by atoms with Crippen LogP contribution >= 0.6 is 0 Å². The molecule has 2 rings (SSSR count). The Kier molecular flexibility index (Phi) is 5.87. The van der Waals surface area contributed by atoms with Crippen LogP contribution in [0.4, 0.5) is 5.69 Å². The van der Waals surface area contributed by atoms with E-state index in [1.807, 2.05) is 44.2 Å². The summed E-state index contributed by atoms with van der Waals surface area (Å²) in [5.41, 5.74) is 5.68. The second kappa shape index (κ2) is 7.42. The number of hydrogen-bond acceptors (Lipinski definition) is 1. The van der Waals surface area contributed by atoms with Crippen LogP contribution in [-0.4, -0.2) is 0 Å². The van der Waals surface area contributed by atoms with Gasteiger partial charge in [0.2, 0.25) is 0 Å². The second-order valence-corrected chi connectivity index (χ2v) is 4.29. The first-order valence-electron chi connectivity index (χ1n) is 6.75. The maximum atomic E-state index is 4.11. The van der Waals surface area contributed by atoms with E-state index < -0.39 is 0 Å². The fraction of sp³-hybridized carbons (Fsp3) is 0.222. The molecule has 0 bridgehead atoms. The van der Waals surface area contributed by atoms with Crippen molar-refractivity contribution in [3.63, 3.8) is 0 Å². The molecule has 0 heterocycles. The Morgan fingerprint density at radius 2 is 1.58 bits per heavy atom. The summed E-state index contributed by atoms with van der Waals surface area (Å²) in [4.78, 5) is 0. The molecular formula is C18H23N. The van der Waals surface area contributed by atoms with Crippen LogP contribution in [0.25, 0.3) is 5.70 Å². The standard InChI is InChI=1S/C16H17N.C2H6/c1-12-9-10-13(2)16(11-12)14(3)17-15-7-5-4-6-8-15;1-2/h4-11,17H,3H2,1-2H3;1-2H3. The summed E-state index contributed by atoms with van der Waals surface area (Å²) in [6.45, 7) is 12.3. The molecule has 0 radical (unpaired) electrons. The van der Waals surface area contributed by atoms with E-state index in [2.05, 4.69) is 43.9 Å². The van der Waals surface area contributed by atoms with E-state index in [4.69, 9.17) is 0 Å². The van der Waals surface area contributed by atoms with Crippen molar-refractivity contribution in [2.75, 3.05) is 5.32 Å². The average Bonchev–Trinajstić information content (AvgIpc) is 2.45. The third-order valence-electron chi connectivity index (χ3n) is 2.79. The summed E-state index contributed by atoms with van der Waals surface area (Å²) in [7, 11) is 0. The molecule has 1 N–H and O–H groups in total. The molecular weight excluding hydrogens is 230 g/mol. The van der Waals surface area contributed by atoms with E-state index in [0.29, 0.717) is 0 Å². The van der Waals surface area contributed by atoms with Crippen molar-refractivity contribution in [1.29, 1.82) is 0 Å². The Labute approximate surface area is 117 Å². The lowest BCUT2D eigenvalue weighted by atomic mass is 10.0. The first kappa shape index (κ1) is 15.0. The van der Waals surface area contributed by atoms with Gasteiger partial charge in [0.1, 0.15) is 0 Å². The maximum Gasteiger partial charge on any atom is 0.0387 e. The van der Waals surface area contributed by atoms with Crippen molar-refractivity contribution in [1.82, 2.24) is 0 Å². The molecule has 100 valence electrons. The van der Waals surface area contributed by atoms with Gasteiger partial charge in [-0.3, -0.25) is 0 Å². The van der Waals surface area contributed by atoms with Gasteiger partial charge < -0.3 is 5.32 Å². The summed E-state index contributed by atoms with van der Waals surface area (Å²) < 4.78 is 0. The van der Waals surface area contributed by atoms with Crippen molar-refractivity contribution in [2.45, 2.75) is 27.7 Å². The molecule has 0 fully saturated rings. The highest BCUT2D eigenvalue weighted by Gasteiger charge is 2.03. The number of hydrogen-bond donors (Lipinski definition) is 1. The van der Waals surface area contributed by atoms with Crippen LogP contribution in [0.15, 0.2) is 55.1 Å². The average molecular weight is 253 g/mol. The van der Waals surface area contributed by atoms with Gasteiger partial charge in [0, 0.05) is 16.9 Å². The Morgan fingerprint density at radius 3 is 2.21 bits per heavy atom. The number of benzene rings is 2. The highest BCUT2D eigenvalue weighted by Crippen LogP contribution is 2.21. The third kappa shape index (κ3) is 4.29. The first-order valence-corrected chi connectivity index (χ1v) is 6.75. The number of para-hydroxylation sites is 1. The van der Waals surface area contributed by atoms with Crippen LogP contribution in [0.5, 0.6) is 0 Å². The zero-order chi connectivity index (χ0) is 14.3. The van der Waals surface area contributed by atoms with Crippen molar-refractivity contribution < 1.29 is 0 Å². The minimum Gasteiger partial charge on any atom is -0.356 e. The molecule has 2 aromatic rings. The summed E-state index contributed by atoms with van der Waals surface area (Å²) in [5.74, 6) is 0. The van der Waals surface area contributed by atoms with E-state index >= 15 is 0 Å². The van der Waals surface area contributed by atoms with E-state index in [1.54, 1.807) is 0 Å². The summed E-state index contributed by atoms with van der Waals surface area (Å²) in [5, 5.41) is 3.33. The van der Waals surface area contributed by atoms with Crippen LogP contribution in [0.2, 0.25) is 0 Å². The van der Waals surface area contributed by atoms with Gasteiger partial charge in [-0.05, 0) is 37.6 Å². The molecule has 19 heavy (non-hydrogen) atoms. The van der Waals surface area contributed by atoms with E-state index in [-0.39, 0.29) is 0 Å². The van der Waals surface area contributed by atoms with E-state index in [9.17, 15) is 0 Å².